The number of hydrogen-bond acceptors (Lipinski definition) is 6. The summed E-state index contributed by atoms with van der Waals surface area (Å²) in [6, 6.07) is 3.71. The molecule has 0 aromatic heterocycles. The molecule has 0 amide bonds. The monoisotopic (exact) mass is 288 g/mol. The zero-order valence-electron chi connectivity index (χ0n) is 10.4. The minimum absolute atomic E-state index is 0.147. The van der Waals surface area contributed by atoms with Crippen LogP contribution < -0.4 is 15.8 Å². The van der Waals surface area contributed by atoms with Crippen molar-refractivity contribution < 1.29 is 13.3 Å². The van der Waals surface area contributed by atoms with E-state index in [1.807, 2.05) is 0 Å². The Bertz CT molecular complexity index is 559. The fraction of sp³-hybridized carbons (Fsp3) is 0.400. The van der Waals surface area contributed by atoms with Crippen molar-refractivity contribution in [2.45, 2.75) is 11.3 Å². The van der Waals surface area contributed by atoms with Crippen LogP contribution in [-0.4, -0.2) is 33.5 Å². The second kappa shape index (κ2) is 6.45. The number of anilines is 1. The SMILES string of the molecule is CNS(=O)(=O)c1ccc(NCCCN)c([N+](=O)[O-])c1. The minimum atomic E-state index is -3.70. The molecule has 9 heteroatoms. The van der Waals surface area contributed by atoms with Crippen molar-refractivity contribution in [3.8, 4) is 0 Å². The van der Waals surface area contributed by atoms with E-state index in [2.05, 4.69) is 10.0 Å². The maximum atomic E-state index is 11.6. The maximum Gasteiger partial charge on any atom is 0.293 e. The zero-order valence-corrected chi connectivity index (χ0v) is 11.2. The van der Waals surface area contributed by atoms with Crippen LogP contribution in [0, 0.1) is 10.1 Å². The van der Waals surface area contributed by atoms with Gasteiger partial charge in [-0.3, -0.25) is 10.1 Å². The van der Waals surface area contributed by atoms with E-state index in [-0.39, 0.29) is 16.3 Å². The Kier molecular flexibility index (Phi) is 5.21. The predicted octanol–water partition coefficient (Wildman–Crippen LogP) is 0.264. The fourth-order valence-electron chi connectivity index (χ4n) is 1.42. The first-order valence-electron chi connectivity index (χ1n) is 5.58. The summed E-state index contributed by atoms with van der Waals surface area (Å²) in [5.74, 6) is 0. The molecule has 8 nitrogen and oxygen atoms in total. The molecule has 0 fully saturated rings. The van der Waals surface area contributed by atoms with Crippen molar-refractivity contribution in [1.29, 1.82) is 0 Å². The Morgan fingerprint density at radius 2 is 2.11 bits per heavy atom. The molecule has 1 aromatic rings. The predicted molar refractivity (Wildman–Crippen MR) is 71.5 cm³/mol. The molecule has 0 atom stereocenters. The molecule has 0 aliphatic rings. The molecule has 0 unspecified atom stereocenters. The topological polar surface area (TPSA) is 127 Å². The quantitative estimate of drug-likeness (QED) is 0.375. The van der Waals surface area contributed by atoms with Gasteiger partial charge in [0.1, 0.15) is 5.69 Å². The summed E-state index contributed by atoms with van der Waals surface area (Å²) >= 11 is 0. The Hall–Kier alpha value is -1.71. The molecular formula is C10H16N4O4S. The van der Waals surface area contributed by atoms with Crippen LogP contribution in [0.15, 0.2) is 23.1 Å². The summed E-state index contributed by atoms with van der Waals surface area (Å²) in [4.78, 5) is 10.2. The molecule has 4 N–H and O–H groups in total. The lowest BCUT2D eigenvalue weighted by molar-refractivity contribution is -0.384. The molecule has 19 heavy (non-hydrogen) atoms. The molecular weight excluding hydrogens is 272 g/mol. The van der Waals surface area contributed by atoms with E-state index in [1.54, 1.807) is 0 Å². The number of hydrogen-bond donors (Lipinski definition) is 3. The Balaban J connectivity index is 3.12. The molecule has 0 saturated carbocycles. The van der Waals surface area contributed by atoms with E-state index < -0.39 is 14.9 Å². The summed E-state index contributed by atoms with van der Waals surface area (Å²) in [6.07, 6.45) is 0.660. The van der Waals surface area contributed by atoms with Gasteiger partial charge in [-0.1, -0.05) is 0 Å². The average molecular weight is 288 g/mol. The molecule has 1 rings (SSSR count). The van der Waals surface area contributed by atoms with Crippen LogP contribution in [0.25, 0.3) is 0 Å². The van der Waals surface area contributed by atoms with Crippen molar-refractivity contribution in [3.63, 3.8) is 0 Å². The number of rotatable bonds is 7. The van der Waals surface area contributed by atoms with Crippen LogP contribution in [0.2, 0.25) is 0 Å². The number of nitrogens with zero attached hydrogens (tertiary/aromatic N) is 1. The normalized spacial score (nSPS) is 11.3. The number of benzene rings is 1. The van der Waals surface area contributed by atoms with E-state index in [9.17, 15) is 18.5 Å². The molecule has 0 aliphatic heterocycles. The van der Waals surface area contributed by atoms with Gasteiger partial charge in [0.15, 0.2) is 0 Å². The third-order valence-electron chi connectivity index (χ3n) is 2.44. The van der Waals surface area contributed by atoms with Gasteiger partial charge in [0.25, 0.3) is 5.69 Å². The van der Waals surface area contributed by atoms with Crippen LogP contribution in [0.4, 0.5) is 11.4 Å². The van der Waals surface area contributed by atoms with Gasteiger partial charge in [0, 0.05) is 12.6 Å². The highest BCUT2D eigenvalue weighted by atomic mass is 32.2. The summed E-state index contributed by atoms with van der Waals surface area (Å²) < 4.78 is 25.3. The summed E-state index contributed by atoms with van der Waals surface area (Å²) in [7, 11) is -2.45. The first-order chi connectivity index (χ1) is 8.92. The van der Waals surface area contributed by atoms with Crippen molar-refractivity contribution >= 4 is 21.4 Å². The number of nitrogens with one attached hydrogen (secondary N) is 2. The van der Waals surface area contributed by atoms with E-state index in [1.165, 1.54) is 19.2 Å². The molecule has 1 aromatic carbocycles. The first-order valence-corrected chi connectivity index (χ1v) is 7.06. The Labute approximate surface area is 111 Å². The van der Waals surface area contributed by atoms with Crippen LogP contribution >= 0.6 is 0 Å². The smallest absolute Gasteiger partial charge is 0.293 e. The van der Waals surface area contributed by atoms with Crippen LogP contribution in [0.5, 0.6) is 0 Å². The largest absolute Gasteiger partial charge is 0.379 e. The number of nitro benzene ring substituents is 1. The first kappa shape index (κ1) is 15.3. The zero-order chi connectivity index (χ0) is 14.5. The van der Waals surface area contributed by atoms with Gasteiger partial charge in [-0.05, 0) is 32.1 Å². The van der Waals surface area contributed by atoms with Crippen molar-refractivity contribution in [3.05, 3.63) is 28.3 Å². The number of nitro groups is 1. The molecule has 0 aliphatic carbocycles. The van der Waals surface area contributed by atoms with Crippen LogP contribution in [-0.2, 0) is 10.0 Å². The van der Waals surface area contributed by atoms with Gasteiger partial charge in [0.2, 0.25) is 10.0 Å². The molecule has 0 heterocycles. The van der Waals surface area contributed by atoms with Gasteiger partial charge in [-0.25, -0.2) is 13.1 Å². The highest BCUT2D eigenvalue weighted by molar-refractivity contribution is 7.89. The molecule has 0 bridgehead atoms. The van der Waals surface area contributed by atoms with E-state index in [4.69, 9.17) is 5.73 Å². The van der Waals surface area contributed by atoms with Gasteiger partial charge in [-0.15, -0.1) is 0 Å². The van der Waals surface area contributed by atoms with Crippen molar-refractivity contribution in [2.75, 3.05) is 25.5 Å². The third-order valence-corrected chi connectivity index (χ3v) is 3.85. The molecule has 106 valence electrons. The highest BCUT2D eigenvalue weighted by Gasteiger charge is 2.19. The maximum absolute atomic E-state index is 11.6. The Morgan fingerprint density at radius 3 is 2.63 bits per heavy atom. The fourth-order valence-corrected chi connectivity index (χ4v) is 2.17. The van der Waals surface area contributed by atoms with Crippen LogP contribution in [0.3, 0.4) is 0 Å². The van der Waals surface area contributed by atoms with Gasteiger partial charge >= 0.3 is 0 Å². The second-order valence-corrected chi connectivity index (χ2v) is 5.60. The molecule has 0 saturated heterocycles. The number of nitrogens with two attached hydrogens (primary N) is 1. The van der Waals surface area contributed by atoms with Crippen LogP contribution in [0.1, 0.15) is 6.42 Å². The third kappa shape index (κ3) is 3.88. The second-order valence-electron chi connectivity index (χ2n) is 3.71. The summed E-state index contributed by atoms with van der Waals surface area (Å²) in [6.45, 7) is 0.947. The minimum Gasteiger partial charge on any atom is -0.379 e. The van der Waals surface area contributed by atoms with E-state index >= 15 is 0 Å². The Morgan fingerprint density at radius 1 is 1.42 bits per heavy atom. The van der Waals surface area contributed by atoms with Gasteiger partial charge in [0.05, 0.1) is 9.82 Å². The standard InChI is InChI=1S/C10H16N4O4S/c1-12-19(17,18)8-3-4-9(13-6-2-5-11)10(7-8)14(15)16/h3-4,7,12-13H,2,5-6,11H2,1H3. The highest BCUT2D eigenvalue weighted by Crippen LogP contribution is 2.27. The van der Waals surface area contributed by atoms with E-state index in [0.29, 0.717) is 19.5 Å². The summed E-state index contributed by atoms with van der Waals surface area (Å²) in [5, 5.41) is 13.8. The number of sulfonamides is 1. The van der Waals surface area contributed by atoms with Gasteiger partial charge in [-0.2, -0.15) is 0 Å². The lowest BCUT2D eigenvalue weighted by atomic mass is 10.2. The summed E-state index contributed by atoms with van der Waals surface area (Å²) in [5.41, 5.74) is 5.32. The van der Waals surface area contributed by atoms with Gasteiger partial charge < -0.3 is 11.1 Å². The lowest BCUT2D eigenvalue weighted by Crippen LogP contribution is -2.19. The average Bonchev–Trinajstić information content (AvgIpc) is 2.39. The van der Waals surface area contributed by atoms with Crippen molar-refractivity contribution in [1.82, 2.24) is 4.72 Å². The lowest BCUT2D eigenvalue weighted by Gasteiger charge is -2.08. The molecule has 0 spiro atoms. The van der Waals surface area contributed by atoms with Crippen molar-refractivity contribution in [2.24, 2.45) is 5.73 Å². The molecule has 0 radical (unpaired) electrons. The van der Waals surface area contributed by atoms with E-state index in [0.717, 1.165) is 6.07 Å².